The summed E-state index contributed by atoms with van der Waals surface area (Å²) in [5.74, 6) is 2.32. The van der Waals surface area contributed by atoms with Gasteiger partial charge in [0.05, 0.1) is 7.11 Å². The molecule has 0 saturated carbocycles. The number of hydrogen-bond acceptors (Lipinski definition) is 3. The second kappa shape index (κ2) is 22.2. The summed E-state index contributed by atoms with van der Waals surface area (Å²) < 4.78 is 10.7. The smallest absolute Gasteiger partial charge is 0.193 e. The molecule has 0 aliphatic heterocycles. The predicted molar refractivity (Wildman–Crippen MR) is 208 cm³/mol. The minimum Gasteiger partial charge on any atom is -0.497 e. The van der Waals surface area contributed by atoms with E-state index in [1.54, 1.807) is 19.2 Å². The largest absolute Gasteiger partial charge is 0.497 e. The van der Waals surface area contributed by atoms with Gasteiger partial charge in [-0.3, -0.25) is 4.79 Å². The molecule has 0 spiro atoms. The first-order valence-electron chi connectivity index (χ1n) is 17.0. The minimum atomic E-state index is -0.00138. The van der Waals surface area contributed by atoms with Gasteiger partial charge in [-0.05, 0) is 54.4 Å². The highest BCUT2D eigenvalue weighted by molar-refractivity contribution is 6.09. The van der Waals surface area contributed by atoms with Crippen LogP contribution in [0, 0.1) is 6.92 Å². The van der Waals surface area contributed by atoms with Crippen molar-refractivity contribution < 1.29 is 14.3 Å². The first-order chi connectivity index (χ1) is 23.9. The molecule has 0 amide bonds. The summed E-state index contributed by atoms with van der Waals surface area (Å²) in [6.07, 6.45) is 0. The number of aryl methyl sites for hydroxylation is 1. The van der Waals surface area contributed by atoms with Gasteiger partial charge in [-0.1, -0.05) is 181 Å². The number of carbonyl (C=O) groups is 1. The molecule has 0 N–H and O–H groups in total. The second-order valence-electron chi connectivity index (χ2n) is 11.0. The number of benzene rings is 6. The number of ether oxygens (including phenoxy) is 2. The maximum absolute atomic E-state index is 12.5. The van der Waals surface area contributed by atoms with Crippen molar-refractivity contribution in [3.8, 4) is 17.2 Å². The zero-order valence-electron chi connectivity index (χ0n) is 30.4. The topological polar surface area (TPSA) is 35.5 Å². The number of hydrogen-bond donors (Lipinski definition) is 0. The van der Waals surface area contributed by atoms with E-state index in [1.807, 2.05) is 132 Å². The van der Waals surface area contributed by atoms with Gasteiger partial charge in [0.25, 0.3) is 0 Å². The molecule has 0 aliphatic carbocycles. The Morgan fingerprint density at radius 2 is 0.878 bits per heavy atom. The maximum Gasteiger partial charge on any atom is 0.193 e. The SMILES string of the molecule is CC.CC.CC(C)(c1ccccc1)c1ccccc1.COc1ccccc1.Cc1ccc(C(=O)c2cccc(Oc3ccccc3)c2)cc1. The van der Waals surface area contributed by atoms with Crippen molar-refractivity contribution in [3.05, 3.63) is 198 Å². The van der Waals surface area contributed by atoms with Gasteiger partial charge in [0.15, 0.2) is 5.78 Å². The van der Waals surface area contributed by atoms with E-state index in [0.717, 1.165) is 17.1 Å². The molecule has 0 radical (unpaired) electrons. The van der Waals surface area contributed by atoms with Crippen molar-refractivity contribution in [2.45, 2.75) is 53.9 Å². The first kappa shape index (κ1) is 39.8. The molecule has 0 saturated heterocycles. The van der Waals surface area contributed by atoms with Crippen LogP contribution in [0.2, 0.25) is 0 Å². The first-order valence-corrected chi connectivity index (χ1v) is 17.0. The van der Waals surface area contributed by atoms with Crippen molar-refractivity contribution in [1.29, 1.82) is 0 Å². The van der Waals surface area contributed by atoms with Gasteiger partial charge >= 0.3 is 0 Å². The lowest BCUT2D eigenvalue weighted by Crippen LogP contribution is -2.18. The lowest BCUT2D eigenvalue weighted by molar-refractivity contribution is 0.103. The average Bonchev–Trinajstić information content (AvgIpc) is 3.18. The highest BCUT2D eigenvalue weighted by Crippen LogP contribution is 2.30. The molecule has 0 atom stereocenters. The van der Waals surface area contributed by atoms with E-state index >= 15 is 0 Å². The van der Waals surface area contributed by atoms with E-state index in [0.29, 0.717) is 16.9 Å². The van der Waals surface area contributed by atoms with Gasteiger partial charge < -0.3 is 9.47 Å². The number of ketones is 1. The lowest BCUT2D eigenvalue weighted by atomic mass is 9.78. The Morgan fingerprint density at radius 3 is 1.31 bits per heavy atom. The highest BCUT2D eigenvalue weighted by Gasteiger charge is 2.21. The van der Waals surface area contributed by atoms with Crippen molar-refractivity contribution >= 4 is 5.78 Å². The summed E-state index contributed by atoms with van der Waals surface area (Å²) in [7, 11) is 1.66. The molecule has 0 bridgehead atoms. The molecular formula is C46H52O3. The second-order valence-corrected chi connectivity index (χ2v) is 11.0. The molecule has 6 aromatic rings. The Bertz CT molecular complexity index is 1670. The molecule has 0 fully saturated rings. The van der Waals surface area contributed by atoms with Crippen molar-refractivity contribution in [2.24, 2.45) is 0 Å². The van der Waals surface area contributed by atoms with Crippen LogP contribution >= 0.6 is 0 Å². The van der Waals surface area contributed by atoms with Crippen LogP contribution in [0.1, 0.15) is 74.2 Å². The Morgan fingerprint density at radius 1 is 0.469 bits per heavy atom. The fourth-order valence-electron chi connectivity index (χ4n) is 4.63. The van der Waals surface area contributed by atoms with Gasteiger partial charge in [-0.25, -0.2) is 0 Å². The quantitative estimate of drug-likeness (QED) is 0.161. The van der Waals surface area contributed by atoms with Gasteiger partial charge in [0, 0.05) is 16.5 Å². The molecule has 0 aliphatic rings. The van der Waals surface area contributed by atoms with E-state index in [1.165, 1.54) is 11.1 Å². The zero-order valence-corrected chi connectivity index (χ0v) is 30.4. The number of rotatable bonds is 7. The zero-order chi connectivity index (χ0) is 35.9. The molecule has 254 valence electrons. The summed E-state index contributed by atoms with van der Waals surface area (Å²) in [4.78, 5) is 12.5. The predicted octanol–water partition coefficient (Wildman–Crippen LogP) is 12.8. The van der Waals surface area contributed by atoms with Crippen molar-refractivity contribution in [1.82, 2.24) is 0 Å². The maximum atomic E-state index is 12.5. The number of methoxy groups -OCH3 is 1. The highest BCUT2D eigenvalue weighted by atomic mass is 16.5. The third-order valence-electron chi connectivity index (χ3n) is 7.36. The Balaban J connectivity index is 0.000000266. The molecule has 0 aromatic heterocycles. The van der Waals surface area contributed by atoms with Gasteiger partial charge in [-0.15, -0.1) is 0 Å². The lowest BCUT2D eigenvalue weighted by Gasteiger charge is -2.25. The Kier molecular flexibility index (Phi) is 18.0. The van der Waals surface area contributed by atoms with Crippen LogP contribution < -0.4 is 9.47 Å². The van der Waals surface area contributed by atoms with Crippen molar-refractivity contribution in [2.75, 3.05) is 7.11 Å². The van der Waals surface area contributed by atoms with E-state index < -0.39 is 0 Å². The minimum absolute atomic E-state index is 0.00138. The monoisotopic (exact) mass is 652 g/mol. The van der Waals surface area contributed by atoms with Crippen LogP contribution in [0.3, 0.4) is 0 Å². The van der Waals surface area contributed by atoms with Gasteiger partial charge in [0.1, 0.15) is 17.2 Å². The van der Waals surface area contributed by atoms with Crippen LogP contribution in [-0.4, -0.2) is 12.9 Å². The fraction of sp³-hybridized carbons (Fsp3) is 0.196. The molecule has 3 heteroatoms. The van der Waals surface area contributed by atoms with E-state index in [-0.39, 0.29) is 11.2 Å². The molecule has 0 heterocycles. The summed E-state index contributed by atoms with van der Waals surface area (Å²) in [5.41, 5.74) is 5.24. The molecule has 6 aromatic carbocycles. The summed E-state index contributed by atoms with van der Waals surface area (Å²) in [5, 5.41) is 0. The van der Waals surface area contributed by atoms with Crippen LogP contribution in [0.4, 0.5) is 0 Å². The molecular weight excluding hydrogens is 601 g/mol. The Hall–Kier alpha value is -5.41. The Labute approximate surface area is 295 Å². The van der Waals surface area contributed by atoms with Crippen LogP contribution in [-0.2, 0) is 5.41 Å². The molecule has 49 heavy (non-hydrogen) atoms. The fourth-order valence-corrected chi connectivity index (χ4v) is 4.63. The summed E-state index contributed by atoms with van der Waals surface area (Å²) in [6.45, 7) is 14.5. The summed E-state index contributed by atoms with van der Waals surface area (Å²) >= 11 is 0. The molecule has 3 nitrogen and oxygen atoms in total. The standard InChI is InChI=1S/C20H16O2.C15H16.C7H8O.2C2H6/c1-15-10-12-16(13-11-15)20(21)17-6-5-9-19(14-17)22-18-7-3-2-4-8-18;1-15(2,13-9-5-3-6-10-13)14-11-7-4-8-12-14;1-8-7-5-3-2-4-6-7;2*1-2/h2-14H,1H3;3-12H,1-2H3;2-6H,1H3;2*1-2H3. The van der Waals surface area contributed by atoms with Crippen molar-refractivity contribution in [3.63, 3.8) is 0 Å². The normalized spacial score (nSPS) is 9.71. The average molecular weight is 653 g/mol. The van der Waals surface area contributed by atoms with E-state index in [4.69, 9.17) is 9.47 Å². The third-order valence-corrected chi connectivity index (χ3v) is 7.36. The summed E-state index contributed by atoms with van der Waals surface area (Å²) in [6, 6.07) is 55.3. The molecule has 0 unspecified atom stereocenters. The third kappa shape index (κ3) is 13.3. The number of para-hydroxylation sites is 2. The van der Waals surface area contributed by atoms with Crippen LogP contribution in [0.15, 0.2) is 170 Å². The van der Waals surface area contributed by atoms with E-state index in [2.05, 4.69) is 74.5 Å². The van der Waals surface area contributed by atoms with Gasteiger partial charge in [0.2, 0.25) is 0 Å². The van der Waals surface area contributed by atoms with Crippen LogP contribution in [0.5, 0.6) is 17.2 Å². The van der Waals surface area contributed by atoms with E-state index in [9.17, 15) is 4.79 Å². The molecule has 6 rings (SSSR count). The van der Waals surface area contributed by atoms with Gasteiger partial charge in [-0.2, -0.15) is 0 Å². The number of carbonyl (C=O) groups excluding carboxylic acids is 1. The van der Waals surface area contributed by atoms with Crippen LogP contribution in [0.25, 0.3) is 0 Å².